The lowest BCUT2D eigenvalue weighted by molar-refractivity contribution is -0.140. The lowest BCUT2D eigenvalue weighted by Gasteiger charge is -2.17. The third-order valence-corrected chi connectivity index (χ3v) is 4.48. The Morgan fingerprint density at radius 1 is 1.33 bits per heavy atom. The molecule has 2 N–H and O–H groups in total. The molecular formula is C12H18N2O6S. The third kappa shape index (κ3) is 3.82. The summed E-state index contributed by atoms with van der Waals surface area (Å²) in [5, 5.41) is 10.9. The van der Waals surface area contributed by atoms with Crippen LogP contribution in [0.1, 0.15) is 24.2 Å². The minimum atomic E-state index is -3.78. The van der Waals surface area contributed by atoms with Crippen molar-refractivity contribution >= 4 is 21.9 Å². The molecule has 1 rings (SSSR count). The summed E-state index contributed by atoms with van der Waals surface area (Å²) in [6.07, 6.45) is 0.977. The maximum Gasteiger partial charge on any atom is 0.326 e. The maximum absolute atomic E-state index is 11.9. The Balaban J connectivity index is 2.96. The van der Waals surface area contributed by atoms with E-state index in [0.29, 0.717) is 0 Å². The van der Waals surface area contributed by atoms with Gasteiger partial charge in [-0.2, -0.15) is 0 Å². The van der Waals surface area contributed by atoms with Crippen LogP contribution in [0.25, 0.3) is 0 Å². The van der Waals surface area contributed by atoms with Crippen LogP contribution in [0.5, 0.6) is 0 Å². The molecule has 0 spiro atoms. The van der Waals surface area contributed by atoms with Gasteiger partial charge in [0.2, 0.25) is 5.09 Å². The van der Waals surface area contributed by atoms with Crippen molar-refractivity contribution in [2.24, 2.45) is 5.92 Å². The van der Waals surface area contributed by atoms with Gasteiger partial charge in [0, 0.05) is 20.2 Å². The summed E-state index contributed by atoms with van der Waals surface area (Å²) in [6.45, 7) is 3.30. The molecule has 8 nitrogen and oxygen atoms in total. The van der Waals surface area contributed by atoms with Crippen molar-refractivity contribution in [3.05, 3.63) is 17.9 Å². The van der Waals surface area contributed by atoms with Crippen LogP contribution in [-0.2, 0) is 14.8 Å². The SMILES string of the molecule is CC(C)C(NC(=O)c1coc(S(=O)(=O)N(C)C)c1)C(=O)O. The molecule has 1 unspecified atom stereocenters. The van der Waals surface area contributed by atoms with Crippen molar-refractivity contribution in [3.63, 3.8) is 0 Å². The minimum Gasteiger partial charge on any atom is -0.480 e. The van der Waals surface area contributed by atoms with E-state index in [0.717, 1.165) is 16.6 Å². The average Bonchev–Trinajstić information content (AvgIpc) is 2.84. The van der Waals surface area contributed by atoms with Gasteiger partial charge in [-0.15, -0.1) is 0 Å². The molecule has 0 saturated heterocycles. The molecule has 1 atom stereocenters. The topological polar surface area (TPSA) is 117 Å². The van der Waals surface area contributed by atoms with E-state index in [1.807, 2.05) is 0 Å². The highest BCUT2D eigenvalue weighted by Gasteiger charge is 2.27. The highest BCUT2D eigenvalue weighted by Crippen LogP contribution is 2.17. The van der Waals surface area contributed by atoms with Gasteiger partial charge in [-0.25, -0.2) is 17.5 Å². The Labute approximate surface area is 122 Å². The Hall–Kier alpha value is -1.87. The van der Waals surface area contributed by atoms with Crippen molar-refractivity contribution in [2.75, 3.05) is 14.1 Å². The molecule has 0 aliphatic carbocycles. The number of carbonyl (C=O) groups excluding carboxylic acids is 1. The summed E-state index contributed by atoms with van der Waals surface area (Å²) in [7, 11) is -1.12. The number of rotatable bonds is 6. The first kappa shape index (κ1) is 17.2. The minimum absolute atomic E-state index is 0.0534. The molecular weight excluding hydrogens is 300 g/mol. The average molecular weight is 318 g/mol. The van der Waals surface area contributed by atoms with E-state index in [1.165, 1.54) is 14.1 Å². The number of amides is 1. The number of nitrogens with zero attached hydrogens (tertiary/aromatic N) is 1. The second-order valence-corrected chi connectivity index (χ2v) is 7.06. The van der Waals surface area contributed by atoms with E-state index in [-0.39, 0.29) is 16.6 Å². The number of carboxylic acid groups (broad SMARTS) is 1. The fourth-order valence-corrected chi connectivity index (χ4v) is 2.29. The molecule has 1 amide bonds. The van der Waals surface area contributed by atoms with E-state index in [2.05, 4.69) is 5.32 Å². The van der Waals surface area contributed by atoms with Crippen LogP contribution in [-0.4, -0.2) is 49.8 Å². The van der Waals surface area contributed by atoms with Crippen LogP contribution in [0.4, 0.5) is 0 Å². The van der Waals surface area contributed by atoms with Gasteiger partial charge in [0.15, 0.2) is 0 Å². The standard InChI is InChI=1S/C12H18N2O6S/c1-7(2)10(12(16)17)13-11(15)8-5-9(20-6-8)21(18,19)14(3)4/h5-7,10H,1-4H3,(H,13,15)(H,16,17). The highest BCUT2D eigenvalue weighted by molar-refractivity contribution is 7.88. The zero-order chi connectivity index (χ0) is 16.4. The molecule has 1 heterocycles. The van der Waals surface area contributed by atoms with Crippen LogP contribution >= 0.6 is 0 Å². The first-order chi connectivity index (χ1) is 9.57. The van der Waals surface area contributed by atoms with Gasteiger partial charge < -0.3 is 14.8 Å². The summed E-state index contributed by atoms with van der Waals surface area (Å²) in [5.41, 5.74) is -0.0534. The predicted molar refractivity (Wildman–Crippen MR) is 73.3 cm³/mol. The number of carboxylic acids is 1. The van der Waals surface area contributed by atoms with Gasteiger partial charge in [0.05, 0.1) is 5.56 Å². The Morgan fingerprint density at radius 2 is 1.90 bits per heavy atom. The highest BCUT2D eigenvalue weighted by atomic mass is 32.2. The van der Waals surface area contributed by atoms with Crippen LogP contribution in [0, 0.1) is 5.92 Å². The number of carbonyl (C=O) groups is 2. The van der Waals surface area contributed by atoms with Crippen molar-refractivity contribution in [3.8, 4) is 0 Å². The van der Waals surface area contributed by atoms with Crippen LogP contribution < -0.4 is 5.32 Å². The second-order valence-electron chi connectivity index (χ2n) is 4.98. The lowest BCUT2D eigenvalue weighted by Crippen LogP contribution is -2.44. The molecule has 118 valence electrons. The number of sulfonamides is 1. The molecule has 0 fully saturated rings. The van der Waals surface area contributed by atoms with E-state index in [4.69, 9.17) is 9.52 Å². The van der Waals surface area contributed by atoms with Crippen molar-refractivity contribution in [2.45, 2.75) is 25.0 Å². The molecule has 9 heteroatoms. The van der Waals surface area contributed by atoms with Gasteiger partial charge in [0.1, 0.15) is 12.3 Å². The fourth-order valence-electron chi connectivity index (χ4n) is 1.49. The number of hydrogen-bond acceptors (Lipinski definition) is 5. The van der Waals surface area contributed by atoms with Gasteiger partial charge in [0.25, 0.3) is 15.9 Å². The summed E-state index contributed by atoms with van der Waals surface area (Å²) in [4.78, 5) is 23.0. The smallest absolute Gasteiger partial charge is 0.326 e. The van der Waals surface area contributed by atoms with Gasteiger partial charge in [-0.3, -0.25) is 4.79 Å². The molecule has 21 heavy (non-hydrogen) atoms. The molecule has 1 aromatic heterocycles. The van der Waals surface area contributed by atoms with Crippen molar-refractivity contribution < 1.29 is 27.5 Å². The molecule has 0 aliphatic heterocycles. The van der Waals surface area contributed by atoms with E-state index in [1.54, 1.807) is 13.8 Å². The first-order valence-electron chi connectivity index (χ1n) is 6.12. The zero-order valence-electron chi connectivity index (χ0n) is 12.2. The number of nitrogens with one attached hydrogen (secondary N) is 1. The van der Waals surface area contributed by atoms with Crippen LogP contribution in [0.3, 0.4) is 0 Å². The molecule has 0 aromatic carbocycles. The lowest BCUT2D eigenvalue weighted by atomic mass is 10.0. The summed E-state index contributed by atoms with van der Waals surface area (Å²) >= 11 is 0. The number of hydrogen-bond donors (Lipinski definition) is 2. The number of furan rings is 1. The largest absolute Gasteiger partial charge is 0.480 e. The quantitative estimate of drug-likeness (QED) is 0.782. The van der Waals surface area contributed by atoms with Gasteiger partial charge in [-0.05, 0) is 5.92 Å². The predicted octanol–water partition coefficient (Wildman–Crippen LogP) is 0.369. The Kier molecular flexibility index (Phi) is 5.13. The summed E-state index contributed by atoms with van der Waals surface area (Å²) < 4.78 is 29.4. The van der Waals surface area contributed by atoms with Gasteiger partial charge in [-0.1, -0.05) is 13.8 Å². The second kappa shape index (κ2) is 6.27. The number of aliphatic carboxylic acids is 1. The Bertz CT molecular complexity index is 632. The first-order valence-corrected chi connectivity index (χ1v) is 7.56. The molecule has 0 aliphatic rings. The van der Waals surface area contributed by atoms with Crippen molar-refractivity contribution in [1.82, 2.24) is 9.62 Å². The molecule has 0 saturated carbocycles. The van der Waals surface area contributed by atoms with Crippen molar-refractivity contribution in [1.29, 1.82) is 0 Å². The summed E-state index contributed by atoms with van der Waals surface area (Å²) in [6, 6.07) is -0.00881. The normalized spacial score (nSPS) is 13.4. The van der Waals surface area contributed by atoms with E-state index >= 15 is 0 Å². The monoisotopic (exact) mass is 318 g/mol. The third-order valence-electron chi connectivity index (χ3n) is 2.79. The van der Waals surface area contributed by atoms with Crippen LogP contribution in [0.2, 0.25) is 0 Å². The molecule has 0 bridgehead atoms. The summed E-state index contributed by atoms with van der Waals surface area (Å²) in [5.74, 6) is -2.19. The fraction of sp³-hybridized carbons (Fsp3) is 0.500. The molecule has 1 aromatic rings. The van der Waals surface area contributed by atoms with E-state index in [9.17, 15) is 18.0 Å². The van der Waals surface area contributed by atoms with Gasteiger partial charge >= 0.3 is 5.97 Å². The molecule has 0 radical (unpaired) electrons. The zero-order valence-corrected chi connectivity index (χ0v) is 13.0. The Morgan fingerprint density at radius 3 is 2.33 bits per heavy atom. The van der Waals surface area contributed by atoms with Crippen LogP contribution in [0.15, 0.2) is 21.8 Å². The maximum atomic E-state index is 11.9. The van der Waals surface area contributed by atoms with E-state index < -0.39 is 27.9 Å².